The zero-order valence-electron chi connectivity index (χ0n) is 35.7. The van der Waals surface area contributed by atoms with Crippen LogP contribution in [0.4, 0.5) is 5.69 Å². The highest BCUT2D eigenvalue weighted by Crippen LogP contribution is 2.42. The lowest BCUT2D eigenvalue weighted by Crippen LogP contribution is -2.34. The maximum Gasteiger partial charge on any atom is 0.134 e. The highest BCUT2D eigenvalue weighted by Gasteiger charge is 2.30. The number of benzene rings is 9. The standard InChI is InChI=1S/C59H34N8/c60-33-36-28-39(35-62)57-50(29-36)63-59(37-12-2-1-3-13-37)64-58(57)43-25-22-40(30-38(43)34-61)65-55-26-23-41(66-51-18-8-4-14-44(51)45-15-5-9-19-52(45)66)31-48(55)49-32-42(24-27-56(49)65)67-53-20-10-6-16-46(53)47-17-7-11-21-54(47)67/h1-32,58H,(H,63,64). The zero-order chi connectivity index (χ0) is 44.8. The first-order chi connectivity index (χ1) is 33.1. The van der Waals surface area contributed by atoms with E-state index in [0.717, 1.165) is 66.5 Å². The van der Waals surface area contributed by atoms with Crippen molar-refractivity contribution in [2.75, 3.05) is 0 Å². The van der Waals surface area contributed by atoms with Gasteiger partial charge in [-0.05, 0) is 90.5 Å². The van der Waals surface area contributed by atoms with E-state index in [4.69, 9.17) is 4.99 Å². The molecule has 1 N–H and O–H groups in total. The molecule has 8 heteroatoms. The van der Waals surface area contributed by atoms with Crippen LogP contribution in [0, 0.1) is 34.0 Å². The molecule has 8 nitrogen and oxygen atoms in total. The fourth-order valence-corrected chi connectivity index (χ4v) is 10.5. The largest absolute Gasteiger partial charge is 0.358 e. The molecule has 0 bridgehead atoms. The first kappa shape index (κ1) is 37.8. The predicted molar refractivity (Wildman–Crippen MR) is 268 cm³/mol. The van der Waals surface area contributed by atoms with Crippen LogP contribution in [0.3, 0.4) is 0 Å². The van der Waals surface area contributed by atoms with E-state index in [9.17, 15) is 15.8 Å². The van der Waals surface area contributed by atoms with Gasteiger partial charge in [0.2, 0.25) is 0 Å². The van der Waals surface area contributed by atoms with Gasteiger partial charge in [0.1, 0.15) is 5.84 Å². The highest BCUT2D eigenvalue weighted by atomic mass is 15.1. The maximum absolute atomic E-state index is 11.0. The van der Waals surface area contributed by atoms with E-state index in [2.05, 4.69) is 177 Å². The molecule has 0 spiro atoms. The van der Waals surface area contributed by atoms with Crippen molar-refractivity contribution in [3.8, 4) is 35.3 Å². The van der Waals surface area contributed by atoms with Crippen LogP contribution < -0.4 is 5.32 Å². The lowest BCUT2D eigenvalue weighted by Gasteiger charge is -2.29. The monoisotopic (exact) mass is 854 g/mol. The minimum atomic E-state index is -0.602. The molecule has 1 aliphatic heterocycles. The number of para-hydroxylation sites is 4. The molecule has 0 aliphatic carbocycles. The summed E-state index contributed by atoms with van der Waals surface area (Å²) < 4.78 is 6.95. The summed E-state index contributed by atoms with van der Waals surface area (Å²) in [5, 5.41) is 41.9. The number of nitrogens with zero attached hydrogens (tertiary/aromatic N) is 7. The second kappa shape index (κ2) is 14.7. The van der Waals surface area contributed by atoms with Crippen LogP contribution in [0.1, 0.15) is 39.4 Å². The lowest BCUT2D eigenvalue weighted by molar-refractivity contribution is 0.744. The van der Waals surface area contributed by atoms with Gasteiger partial charge in [-0.15, -0.1) is 0 Å². The second-order valence-electron chi connectivity index (χ2n) is 16.9. The van der Waals surface area contributed by atoms with Crippen molar-refractivity contribution in [1.82, 2.24) is 19.0 Å². The van der Waals surface area contributed by atoms with Crippen molar-refractivity contribution in [3.63, 3.8) is 0 Å². The van der Waals surface area contributed by atoms with Gasteiger partial charge in [0.15, 0.2) is 0 Å². The van der Waals surface area contributed by atoms with Crippen LogP contribution in [0.25, 0.3) is 82.5 Å². The summed E-state index contributed by atoms with van der Waals surface area (Å²) in [6.45, 7) is 0. The van der Waals surface area contributed by atoms with Gasteiger partial charge in [-0.2, -0.15) is 15.8 Å². The van der Waals surface area contributed by atoms with Gasteiger partial charge in [-0.1, -0.05) is 109 Å². The first-order valence-electron chi connectivity index (χ1n) is 22.1. The van der Waals surface area contributed by atoms with E-state index in [1.807, 2.05) is 42.5 Å². The van der Waals surface area contributed by atoms with Crippen molar-refractivity contribution in [2.24, 2.45) is 4.99 Å². The van der Waals surface area contributed by atoms with Crippen LogP contribution in [-0.2, 0) is 0 Å². The Hall–Kier alpha value is -9.68. The van der Waals surface area contributed by atoms with E-state index < -0.39 is 6.04 Å². The average molecular weight is 855 g/mol. The van der Waals surface area contributed by atoms with Gasteiger partial charge in [0.25, 0.3) is 0 Å². The number of fused-ring (bicyclic) bond motifs is 10. The Bertz CT molecular complexity index is 3960. The topological polar surface area (TPSA) is 111 Å². The average Bonchev–Trinajstić information content (AvgIpc) is 4.03. The summed E-state index contributed by atoms with van der Waals surface area (Å²) in [6, 6.07) is 73.1. The Labute approximate surface area is 384 Å². The third kappa shape index (κ3) is 5.66. The van der Waals surface area contributed by atoms with E-state index >= 15 is 0 Å². The number of amidine groups is 1. The van der Waals surface area contributed by atoms with Gasteiger partial charge in [0.05, 0.1) is 79.7 Å². The van der Waals surface area contributed by atoms with Gasteiger partial charge in [0, 0.05) is 60.5 Å². The van der Waals surface area contributed by atoms with Gasteiger partial charge in [-0.25, -0.2) is 4.99 Å². The summed E-state index contributed by atoms with van der Waals surface area (Å²) in [5.74, 6) is 0.588. The fourth-order valence-electron chi connectivity index (χ4n) is 10.5. The molecule has 1 aliphatic rings. The minimum absolute atomic E-state index is 0.330. The number of rotatable bonds is 5. The van der Waals surface area contributed by atoms with E-state index in [-0.39, 0.29) is 0 Å². The molecule has 0 fully saturated rings. The Kier molecular flexibility index (Phi) is 8.30. The molecule has 3 aromatic heterocycles. The third-order valence-electron chi connectivity index (χ3n) is 13.4. The van der Waals surface area contributed by atoms with E-state index in [0.29, 0.717) is 39.3 Å². The molecule has 4 heterocycles. The summed E-state index contributed by atoms with van der Waals surface area (Å²) >= 11 is 0. The molecule has 1 unspecified atom stereocenters. The summed E-state index contributed by atoms with van der Waals surface area (Å²) in [6.07, 6.45) is 0. The maximum atomic E-state index is 11.0. The quantitative estimate of drug-likeness (QED) is 0.186. The number of hydrogen-bond donors (Lipinski definition) is 1. The Morgan fingerprint density at radius 2 is 0.851 bits per heavy atom. The second-order valence-corrected chi connectivity index (χ2v) is 16.9. The van der Waals surface area contributed by atoms with Crippen LogP contribution >= 0.6 is 0 Å². The number of aromatic nitrogens is 3. The van der Waals surface area contributed by atoms with Crippen molar-refractivity contribution in [2.45, 2.75) is 6.04 Å². The molecule has 310 valence electrons. The number of hydrogen-bond acceptors (Lipinski definition) is 5. The molecule has 12 aromatic rings. The Balaban J connectivity index is 1.04. The summed E-state index contributed by atoms with van der Waals surface area (Å²) in [5.41, 5.74) is 13.2. The molecule has 0 amide bonds. The lowest BCUT2D eigenvalue weighted by atomic mass is 9.88. The number of aliphatic imine (C=N–C) groups is 1. The number of nitriles is 3. The predicted octanol–water partition coefficient (Wildman–Crippen LogP) is 13.4. The van der Waals surface area contributed by atoms with Crippen LogP contribution in [0.15, 0.2) is 199 Å². The van der Waals surface area contributed by atoms with Gasteiger partial charge < -0.3 is 19.0 Å². The van der Waals surface area contributed by atoms with Gasteiger partial charge in [-0.3, -0.25) is 0 Å². The van der Waals surface area contributed by atoms with Crippen molar-refractivity contribution < 1.29 is 0 Å². The van der Waals surface area contributed by atoms with Crippen LogP contribution in [0.5, 0.6) is 0 Å². The Morgan fingerprint density at radius 3 is 1.34 bits per heavy atom. The van der Waals surface area contributed by atoms with Crippen LogP contribution in [-0.4, -0.2) is 19.5 Å². The SMILES string of the molecule is N#Cc1cc(C#N)c2c(c1)N=C(c1ccccc1)NC2c1ccc(-n2c3ccc(-n4c5ccccc5c5ccccc54)cc3c3cc(-n4c5ccccc5c5ccccc54)ccc32)cc1C#N. The van der Waals surface area contributed by atoms with Crippen molar-refractivity contribution in [3.05, 3.63) is 228 Å². The molecular formula is C59H34N8. The molecule has 0 radical (unpaired) electrons. The van der Waals surface area contributed by atoms with Crippen molar-refractivity contribution >= 4 is 76.9 Å². The number of nitrogens with one attached hydrogen (secondary N) is 1. The molecule has 0 saturated heterocycles. The highest BCUT2D eigenvalue weighted by molar-refractivity contribution is 6.14. The fraction of sp³-hybridized carbons (Fsp3) is 0.0169. The zero-order valence-corrected chi connectivity index (χ0v) is 35.7. The molecule has 67 heavy (non-hydrogen) atoms. The normalized spacial score (nSPS) is 13.4. The van der Waals surface area contributed by atoms with Crippen molar-refractivity contribution in [1.29, 1.82) is 15.8 Å². The Morgan fingerprint density at radius 1 is 0.403 bits per heavy atom. The summed E-state index contributed by atoms with van der Waals surface area (Å²) in [4.78, 5) is 4.92. The van der Waals surface area contributed by atoms with E-state index in [1.165, 1.54) is 21.5 Å². The molecule has 1 atom stereocenters. The van der Waals surface area contributed by atoms with Crippen LogP contribution in [0.2, 0.25) is 0 Å². The van der Waals surface area contributed by atoms with Gasteiger partial charge >= 0.3 is 0 Å². The smallest absolute Gasteiger partial charge is 0.134 e. The molecule has 0 saturated carbocycles. The molecule has 9 aromatic carbocycles. The third-order valence-corrected chi connectivity index (χ3v) is 13.4. The summed E-state index contributed by atoms with van der Waals surface area (Å²) in [7, 11) is 0. The molecule has 13 rings (SSSR count). The first-order valence-corrected chi connectivity index (χ1v) is 22.1. The van der Waals surface area contributed by atoms with E-state index in [1.54, 1.807) is 12.1 Å². The molecular weight excluding hydrogens is 821 g/mol. The minimum Gasteiger partial charge on any atom is -0.358 e.